The first kappa shape index (κ1) is 20.5. The molecule has 9 heteroatoms. The SMILES string of the molecule is C[C@@H]1CN(C(=O)C(=O)C2CNc3c(Br)ncc(F)c32)CCN1C(=O)c1ccccc1. The lowest BCUT2D eigenvalue weighted by atomic mass is 9.96. The maximum absolute atomic E-state index is 14.3. The molecular formula is C21H20BrFN4O3. The van der Waals surface area contributed by atoms with E-state index in [1.165, 1.54) is 4.90 Å². The van der Waals surface area contributed by atoms with Crippen LogP contribution in [0.3, 0.4) is 0 Å². The minimum atomic E-state index is -0.897. The fraction of sp³-hybridized carbons (Fsp3) is 0.333. The van der Waals surface area contributed by atoms with Crippen LogP contribution in [0.4, 0.5) is 10.1 Å². The fourth-order valence-electron chi connectivity index (χ4n) is 4.01. The van der Waals surface area contributed by atoms with Gasteiger partial charge in [-0.3, -0.25) is 14.4 Å². The van der Waals surface area contributed by atoms with E-state index in [9.17, 15) is 18.8 Å². The summed E-state index contributed by atoms with van der Waals surface area (Å²) >= 11 is 3.23. The molecule has 4 rings (SSSR count). The van der Waals surface area contributed by atoms with Gasteiger partial charge in [0.25, 0.3) is 11.8 Å². The lowest BCUT2D eigenvalue weighted by Crippen LogP contribution is -2.57. The van der Waals surface area contributed by atoms with Crippen molar-refractivity contribution in [3.05, 3.63) is 58.1 Å². The maximum atomic E-state index is 14.3. The van der Waals surface area contributed by atoms with Crippen LogP contribution in [0.25, 0.3) is 0 Å². The number of carbonyl (C=O) groups excluding carboxylic acids is 3. The molecule has 1 aromatic carbocycles. The van der Waals surface area contributed by atoms with Crippen molar-refractivity contribution in [3.8, 4) is 0 Å². The maximum Gasteiger partial charge on any atom is 0.290 e. The summed E-state index contributed by atoms with van der Waals surface area (Å²) < 4.78 is 14.7. The number of amides is 2. The van der Waals surface area contributed by atoms with E-state index in [4.69, 9.17) is 0 Å². The Morgan fingerprint density at radius 3 is 2.63 bits per heavy atom. The quantitative estimate of drug-likeness (QED) is 0.545. The largest absolute Gasteiger partial charge is 0.381 e. The Bertz CT molecular complexity index is 1020. The molecule has 2 aromatic rings. The van der Waals surface area contributed by atoms with Gasteiger partial charge in [-0.15, -0.1) is 0 Å². The Hall–Kier alpha value is -2.81. The van der Waals surface area contributed by atoms with Gasteiger partial charge in [0, 0.05) is 43.3 Å². The number of carbonyl (C=O) groups is 3. The molecule has 1 saturated heterocycles. The van der Waals surface area contributed by atoms with Gasteiger partial charge in [-0.25, -0.2) is 9.37 Å². The first-order chi connectivity index (χ1) is 14.4. The second-order valence-corrected chi connectivity index (χ2v) is 8.20. The van der Waals surface area contributed by atoms with Gasteiger partial charge in [0.05, 0.1) is 17.8 Å². The number of anilines is 1. The molecule has 2 atom stereocenters. The first-order valence-electron chi connectivity index (χ1n) is 9.65. The highest BCUT2D eigenvalue weighted by Crippen LogP contribution is 2.38. The monoisotopic (exact) mass is 474 g/mol. The zero-order valence-electron chi connectivity index (χ0n) is 16.3. The molecule has 1 N–H and O–H groups in total. The highest BCUT2D eigenvalue weighted by molar-refractivity contribution is 9.10. The number of halogens is 2. The van der Waals surface area contributed by atoms with Crippen molar-refractivity contribution in [2.75, 3.05) is 31.5 Å². The average molecular weight is 475 g/mol. The Morgan fingerprint density at radius 1 is 1.20 bits per heavy atom. The second kappa shape index (κ2) is 8.14. The Balaban J connectivity index is 1.46. The molecule has 0 saturated carbocycles. The standard InChI is InChI=1S/C21H20BrFN4O3/c1-12-11-26(7-8-27(12)20(29)13-5-3-2-4-6-13)21(30)18(28)14-9-24-17-16(14)15(23)10-25-19(17)22/h2-6,10,12,14,24H,7-9,11H2,1H3/t12-,14?/m1/s1. The second-order valence-electron chi connectivity index (χ2n) is 7.45. The number of Topliss-reactive ketones (excluding diaryl/α,β-unsaturated/α-hetero) is 1. The van der Waals surface area contributed by atoms with Crippen molar-refractivity contribution in [2.45, 2.75) is 18.9 Å². The molecule has 2 amide bonds. The number of nitrogens with one attached hydrogen (secondary N) is 1. The number of aromatic nitrogens is 1. The molecule has 1 aromatic heterocycles. The van der Waals surface area contributed by atoms with E-state index in [2.05, 4.69) is 26.2 Å². The summed E-state index contributed by atoms with van der Waals surface area (Å²) in [6.07, 6.45) is 1.04. The fourth-order valence-corrected chi connectivity index (χ4v) is 4.47. The number of nitrogens with zero attached hydrogens (tertiary/aromatic N) is 3. The van der Waals surface area contributed by atoms with Gasteiger partial charge in [-0.1, -0.05) is 18.2 Å². The van der Waals surface area contributed by atoms with Crippen molar-refractivity contribution in [3.63, 3.8) is 0 Å². The van der Waals surface area contributed by atoms with Crippen LogP contribution in [-0.4, -0.2) is 64.6 Å². The number of pyridine rings is 1. The lowest BCUT2D eigenvalue weighted by Gasteiger charge is -2.39. The Morgan fingerprint density at radius 2 is 1.93 bits per heavy atom. The van der Waals surface area contributed by atoms with Crippen LogP contribution in [0.15, 0.2) is 41.1 Å². The van der Waals surface area contributed by atoms with E-state index in [1.54, 1.807) is 29.2 Å². The summed E-state index contributed by atoms with van der Waals surface area (Å²) in [6, 6.07) is 8.71. The van der Waals surface area contributed by atoms with Gasteiger partial charge in [-0.05, 0) is 35.0 Å². The van der Waals surface area contributed by atoms with Gasteiger partial charge in [-0.2, -0.15) is 0 Å². The van der Waals surface area contributed by atoms with E-state index in [0.29, 0.717) is 22.4 Å². The Kier molecular flexibility index (Phi) is 5.55. The van der Waals surface area contributed by atoms with Crippen LogP contribution in [0.5, 0.6) is 0 Å². The number of hydrogen-bond acceptors (Lipinski definition) is 5. The summed E-state index contributed by atoms with van der Waals surface area (Å²) in [7, 11) is 0. The molecule has 2 aliphatic heterocycles. The summed E-state index contributed by atoms with van der Waals surface area (Å²) in [6.45, 7) is 2.82. The predicted molar refractivity (Wildman–Crippen MR) is 112 cm³/mol. The summed E-state index contributed by atoms with van der Waals surface area (Å²) in [5.74, 6) is -2.93. The minimum absolute atomic E-state index is 0.102. The van der Waals surface area contributed by atoms with Gasteiger partial charge >= 0.3 is 0 Å². The highest BCUT2D eigenvalue weighted by Gasteiger charge is 2.40. The first-order valence-corrected chi connectivity index (χ1v) is 10.4. The van der Waals surface area contributed by atoms with E-state index < -0.39 is 23.4 Å². The predicted octanol–water partition coefficient (Wildman–Crippen LogP) is 2.43. The number of fused-ring (bicyclic) bond motifs is 1. The third kappa shape index (κ3) is 3.58. The zero-order chi connectivity index (χ0) is 21.4. The molecule has 0 spiro atoms. The zero-order valence-corrected chi connectivity index (χ0v) is 17.9. The third-order valence-corrected chi connectivity index (χ3v) is 6.18. The molecule has 7 nitrogen and oxygen atoms in total. The van der Waals surface area contributed by atoms with Crippen molar-refractivity contribution in [2.24, 2.45) is 0 Å². The van der Waals surface area contributed by atoms with Crippen LogP contribution in [0.1, 0.15) is 28.8 Å². The summed E-state index contributed by atoms with van der Waals surface area (Å²) in [5.41, 5.74) is 1.16. The number of ketones is 1. The smallest absolute Gasteiger partial charge is 0.290 e. The molecule has 1 fully saturated rings. The number of rotatable bonds is 3. The third-order valence-electron chi connectivity index (χ3n) is 5.58. The summed E-state index contributed by atoms with van der Waals surface area (Å²) in [4.78, 5) is 45.5. The Labute approximate surface area is 181 Å². The molecule has 0 radical (unpaired) electrons. The molecule has 0 aliphatic carbocycles. The van der Waals surface area contributed by atoms with Crippen LogP contribution in [0.2, 0.25) is 0 Å². The topological polar surface area (TPSA) is 82.6 Å². The lowest BCUT2D eigenvalue weighted by molar-refractivity contribution is -0.146. The van der Waals surface area contributed by atoms with Crippen molar-refractivity contribution < 1.29 is 18.8 Å². The van der Waals surface area contributed by atoms with E-state index in [1.807, 2.05) is 13.0 Å². The van der Waals surface area contributed by atoms with Crippen LogP contribution in [0, 0.1) is 5.82 Å². The van der Waals surface area contributed by atoms with Crippen LogP contribution < -0.4 is 5.32 Å². The number of piperazine rings is 1. The van der Waals surface area contributed by atoms with Gasteiger partial charge in [0.2, 0.25) is 5.78 Å². The molecule has 0 bridgehead atoms. The average Bonchev–Trinajstić information content (AvgIpc) is 3.22. The van der Waals surface area contributed by atoms with Gasteiger partial charge in [0.1, 0.15) is 10.4 Å². The molecule has 1 unspecified atom stereocenters. The van der Waals surface area contributed by atoms with Gasteiger partial charge in [0.15, 0.2) is 0 Å². The normalized spacial score (nSPS) is 20.5. The molecular weight excluding hydrogens is 455 g/mol. The van der Waals surface area contributed by atoms with E-state index in [0.717, 1.165) is 6.20 Å². The van der Waals surface area contributed by atoms with Crippen LogP contribution in [-0.2, 0) is 9.59 Å². The molecule has 2 aliphatic rings. The van der Waals surface area contributed by atoms with Gasteiger partial charge < -0.3 is 15.1 Å². The van der Waals surface area contributed by atoms with Crippen molar-refractivity contribution in [1.82, 2.24) is 14.8 Å². The molecule has 3 heterocycles. The molecule has 30 heavy (non-hydrogen) atoms. The highest BCUT2D eigenvalue weighted by atomic mass is 79.9. The van der Waals surface area contributed by atoms with Crippen molar-refractivity contribution >= 4 is 39.2 Å². The van der Waals surface area contributed by atoms with E-state index >= 15 is 0 Å². The number of benzene rings is 1. The van der Waals surface area contributed by atoms with E-state index in [-0.39, 0.29) is 37.1 Å². The minimum Gasteiger partial charge on any atom is -0.381 e. The number of hydrogen-bond donors (Lipinski definition) is 1. The molecule has 156 valence electrons. The van der Waals surface area contributed by atoms with Crippen molar-refractivity contribution in [1.29, 1.82) is 0 Å². The summed E-state index contributed by atoms with van der Waals surface area (Å²) in [5, 5.41) is 2.95. The van der Waals surface area contributed by atoms with Crippen LogP contribution >= 0.6 is 15.9 Å².